The van der Waals surface area contributed by atoms with Gasteiger partial charge in [0.1, 0.15) is 0 Å². The molecule has 27 heavy (non-hydrogen) atoms. The zero-order chi connectivity index (χ0) is 19.2. The smallest absolute Gasteiger partial charge is 0.250 e. The third kappa shape index (κ3) is 5.00. The molecule has 1 N–H and O–H groups in total. The number of likely N-dealkylation sites (tertiary alicyclic amines) is 1. The first-order chi connectivity index (χ1) is 13.1. The Morgan fingerprint density at radius 2 is 1.96 bits per heavy atom. The van der Waals surface area contributed by atoms with Gasteiger partial charge in [0.15, 0.2) is 0 Å². The maximum Gasteiger partial charge on any atom is 0.250 e. The van der Waals surface area contributed by atoms with Crippen LogP contribution >= 0.6 is 11.6 Å². The molecule has 1 aliphatic heterocycles. The third-order valence-corrected chi connectivity index (χ3v) is 5.19. The zero-order valence-corrected chi connectivity index (χ0v) is 15.8. The van der Waals surface area contributed by atoms with Gasteiger partial charge < -0.3 is 9.88 Å². The third-order valence-electron chi connectivity index (χ3n) is 4.82. The van der Waals surface area contributed by atoms with Crippen LogP contribution in [0.15, 0.2) is 47.4 Å². The number of amides is 1. The van der Waals surface area contributed by atoms with E-state index in [0.29, 0.717) is 23.8 Å². The molecule has 2 heterocycles. The van der Waals surface area contributed by atoms with E-state index in [1.807, 2.05) is 18.2 Å². The predicted molar refractivity (Wildman–Crippen MR) is 108 cm³/mol. The first-order valence-corrected chi connectivity index (χ1v) is 9.35. The molecule has 5 nitrogen and oxygen atoms in total. The van der Waals surface area contributed by atoms with Crippen LogP contribution in [0, 0.1) is 18.3 Å². The number of benzene rings is 1. The summed E-state index contributed by atoms with van der Waals surface area (Å²) in [5.74, 6) is 2.59. The van der Waals surface area contributed by atoms with Crippen LogP contribution in [0.25, 0.3) is 0 Å². The van der Waals surface area contributed by atoms with Gasteiger partial charge in [-0.25, -0.2) is 0 Å². The monoisotopic (exact) mass is 383 g/mol. The fraction of sp³-hybridized carbons (Fsp3) is 0.333. The van der Waals surface area contributed by atoms with Crippen molar-refractivity contribution in [3.05, 3.63) is 63.5 Å². The molecular weight excluding hydrogens is 362 g/mol. The Morgan fingerprint density at radius 1 is 1.22 bits per heavy atom. The molecule has 2 aromatic rings. The highest BCUT2D eigenvalue weighted by Gasteiger charge is 2.24. The molecule has 0 radical (unpaired) electrons. The van der Waals surface area contributed by atoms with Crippen molar-refractivity contribution in [3.63, 3.8) is 0 Å². The van der Waals surface area contributed by atoms with Crippen LogP contribution in [0.3, 0.4) is 0 Å². The van der Waals surface area contributed by atoms with Gasteiger partial charge in [-0.05, 0) is 43.6 Å². The maximum atomic E-state index is 12.6. The summed E-state index contributed by atoms with van der Waals surface area (Å²) in [6, 6.07) is 10.5. The Morgan fingerprint density at radius 3 is 2.67 bits per heavy atom. The minimum Gasteiger partial charge on any atom is -0.325 e. The Bertz CT molecular complexity index is 908. The molecule has 1 fully saturated rings. The van der Waals surface area contributed by atoms with E-state index in [2.05, 4.69) is 16.1 Å². The van der Waals surface area contributed by atoms with Crippen LogP contribution in [-0.2, 0) is 11.3 Å². The number of halogens is 1. The van der Waals surface area contributed by atoms with E-state index >= 15 is 0 Å². The van der Waals surface area contributed by atoms with E-state index in [9.17, 15) is 9.59 Å². The van der Waals surface area contributed by atoms with Crippen LogP contribution in [0.5, 0.6) is 0 Å². The van der Waals surface area contributed by atoms with Crippen molar-refractivity contribution in [2.75, 3.05) is 25.0 Å². The molecule has 0 unspecified atom stereocenters. The molecule has 1 aromatic carbocycles. The Kier molecular flexibility index (Phi) is 6.33. The van der Waals surface area contributed by atoms with Gasteiger partial charge in [-0.2, -0.15) is 0 Å². The molecule has 0 atom stereocenters. The number of nitrogens with one attached hydrogen (secondary N) is 1. The lowest BCUT2D eigenvalue weighted by molar-refractivity contribution is -0.121. The quantitative estimate of drug-likeness (QED) is 0.808. The summed E-state index contributed by atoms with van der Waals surface area (Å²) in [5, 5.41) is 3.54. The van der Waals surface area contributed by atoms with Gasteiger partial charge in [0.25, 0.3) is 5.56 Å². The van der Waals surface area contributed by atoms with Crippen molar-refractivity contribution in [3.8, 4) is 12.3 Å². The van der Waals surface area contributed by atoms with Crippen molar-refractivity contribution >= 4 is 23.2 Å². The number of aromatic nitrogens is 1. The lowest BCUT2D eigenvalue weighted by atomic mass is 9.96. The number of terminal acetylenes is 1. The number of hydrogen-bond acceptors (Lipinski definition) is 3. The van der Waals surface area contributed by atoms with Crippen molar-refractivity contribution in [2.24, 2.45) is 5.92 Å². The van der Waals surface area contributed by atoms with Crippen molar-refractivity contribution in [1.82, 2.24) is 9.47 Å². The van der Waals surface area contributed by atoms with E-state index in [0.717, 1.165) is 31.5 Å². The minimum absolute atomic E-state index is 0.0155. The van der Waals surface area contributed by atoms with E-state index < -0.39 is 0 Å². The number of anilines is 1. The first kappa shape index (κ1) is 19.2. The normalized spacial score (nSPS) is 15.3. The number of rotatable bonds is 5. The Balaban J connectivity index is 1.66. The van der Waals surface area contributed by atoms with Gasteiger partial charge in [-0.15, -0.1) is 6.42 Å². The lowest BCUT2D eigenvalue weighted by Crippen LogP contribution is -2.38. The van der Waals surface area contributed by atoms with E-state index in [4.69, 9.17) is 18.0 Å². The maximum absolute atomic E-state index is 12.6. The van der Waals surface area contributed by atoms with Gasteiger partial charge in [-0.1, -0.05) is 35.7 Å². The van der Waals surface area contributed by atoms with Gasteiger partial charge in [0.2, 0.25) is 5.91 Å². The average molecular weight is 384 g/mol. The summed E-state index contributed by atoms with van der Waals surface area (Å²) < 4.78 is 1.55. The molecule has 0 aliphatic carbocycles. The number of carbonyl (C=O) groups is 1. The molecule has 0 bridgehead atoms. The van der Waals surface area contributed by atoms with Gasteiger partial charge in [0, 0.05) is 23.2 Å². The Hall–Kier alpha value is -2.55. The summed E-state index contributed by atoms with van der Waals surface area (Å²) in [4.78, 5) is 26.9. The largest absolute Gasteiger partial charge is 0.325 e. The van der Waals surface area contributed by atoms with Gasteiger partial charge in [0.05, 0.1) is 18.8 Å². The van der Waals surface area contributed by atoms with Crippen LogP contribution in [0.4, 0.5) is 5.69 Å². The molecule has 0 saturated carbocycles. The number of hydrogen-bond donors (Lipinski definition) is 1. The summed E-state index contributed by atoms with van der Waals surface area (Å²) in [5.41, 5.74) is 1.32. The van der Waals surface area contributed by atoms with Crippen LogP contribution in [0.2, 0.25) is 5.02 Å². The zero-order valence-electron chi connectivity index (χ0n) is 15.0. The molecule has 1 saturated heterocycles. The molecule has 140 valence electrons. The van der Waals surface area contributed by atoms with Crippen LogP contribution < -0.4 is 10.9 Å². The highest BCUT2D eigenvalue weighted by Crippen LogP contribution is 2.20. The Labute approximate surface area is 163 Å². The van der Waals surface area contributed by atoms with Crippen LogP contribution in [0.1, 0.15) is 18.4 Å². The summed E-state index contributed by atoms with van der Waals surface area (Å²) in [6.07, 6.45) is 8.57. The summed E-state index contributed by atoms with van der Waals surface area (Å²) in [6.45, 7) is 2.64. The molecular formula is C21H22ClN3O2. The molecule has 1 amide bonds. The second-order valence-electron chi connectivity index (χ2n) is 6.72. The van der Waals surface area contributed by atoms with Crippen molar-refractivity contribution in [2.45, 2.75) is 19.4 Å². The van der Waals surface area contributed by atoms with E-state index in [1.54, 1.807) is 22.9 Å². The van der Waals surface area contributed by atoms with E-state index in [-0.39, 0.29) is 17.4 Å². The topological polar surface area (TPSA) is 54.3 Å². The second kappa shape index (κ2) is 8.90. The fourth-order valence-electron chi connectivity index (χ4n) is 3.27. The highest BCUT2D eigenvalue weighted by atomic mass is 35.5. The lowest BCUT2D eigenvalue weighted by Gasteiger charge is -2.29. The number of pyridine rings is 1. The molecule has 0 spiro atoms. The first-order valence-electron chi connectivity index (χ1n) is 8.97. The minimum atomic E-state index is -0.143. The molecule has 3 rings (SSSR count). The van der Waals surface area contributed by atoms with Crippen molar-refractivity contribution in [1.29, 1.82) is 0 Å². The standard InChI is InChI=1S/C21H22ClN3O2/c1-2-11-24-12-9-16(10-13-24)21(27)23-18-7-8-20(26)25(15-18)14-17-5-3-4-6-19(17)22/h1,3-8,15-16H,9-14H2,(H,23,27). The molecule has 1 aromatic heterocycles. The number of nitrogens with zero attached hydrogens (tertiary/aromatic N) is 2. The molecule has 1 aliphatic rings. The predicted octanol–water partition coefficient (Wildman–Crippen LogP) is 2.83. The number of piperidine rings is 1. The fourth-order valence-corrected chi connectivity index (χ4v) is 3.46. The molecule has 6 heteroatoms. The summed E-state index contributed by atoms with van der Waals surface area (Å²) >= 11 is 6.18. The summed E-state index contributed by atoms with van der Waals surface area (Å²) in [7, 11) is 0. The number of carbonyl (C=O) groups excluding carboxylic acids is 1. The van der Waals surface area contributed by atoms with Gasteiger partial charge >= 0.3 is 0 Å². The average Bonchev–Trinajstić information content (AvgIpc) is 2.67. The van der Waals surface area contributed by atoms with E-state index in [1.165, 1.54) is 6.07 Å². The van der Waals surface area contributed by atoms with Crippen molar-refractivity contribution < 1.29 is 4.79 Å². The SMILES string of the molecule is C#CCN1CCC(C(=O)Nc2ccc(=O)n(Cc3ccccc3Cl)c2)CC1. The second-order valence-corrected chi connectivity index (χ2v) is 7.13. The highest BCUT2D eigenvalue weighted by molar-refractivity contribution is 6.31. The van der Waals surface area contributed by atoms with Gasteiger partial charge in [-0.3, -0.25) is 14.5 Å². The van der Waals surface area contributed by atoms with Crippen LogP contribution in [-0.4, -0.2) is 35.0 Å².